The monoisotopic (exact) mass is 324 g/mol. The van der Waals surface area contributed by atoms with Gasteiger partial charge in [-0.3, -0.25) is 0 Å². The zero-order chi connectivity index (χ0) is 16.4. The number of amides is 1. The molecule has 6 nitrogen and oxygen atoms in total. The second-order valence-corrected chi connectivity index (χ2v) is 5.96. The molecule has 23 heavy (non-hydrogen) atoms. The van der Waals surface area contributed by atoms with Crippen LogP contribution in [0.5, 0.6) is 0 Å². The number of carbonyl (C=O) groups excluding carboxylic acids is 1. The van der Waals surface area contributed by atoms with E-state index in [1.807, 2.05) is 6.92 Å². The fourth-order valence-electron chi connectivity index (χ4n) is 2.38. The predicted molar refractivity (Wildman–Crippen MR) is 84.9 cm³/mol. The first-order valence-corrected chi connectivity index (χ1v) is 7.87. The second-order valence-electron chi connectivity index (χ2n) is 4.98. The van der Waals surface area contributed by atoms with Crippen molar-refractivity contribution < 1.29 is 9.53 Å². The fraction of sp³-hybridized carbons (Fsp3) is 0.250. The molecule has 0 saturated carbocycles. The second kappa shape index (κ2) is 6.07. The average Bonchev–Trinajstić information content (AvgIpc) is 3.17. The standard InChI is InChI=1S/C16H12N4O2S/c1-2-12-9-22-16(21)20(12)15-19-14(13(8-18)23-15)11-5-3-10(7-17)4-6-11/h3-6,12H,2,9H2,1H3/t12-/m0/s1. The van der Waals surface area contributed by atoms with Crippen molar-refractivity contribution in [2.75, 3.05) is 11.5 Å². The van der Waals surface area contributed by atoms with Gasteiger partial charge in [0.25, 0.3) is 0 Å². The molecule has 1 atom stereocenters. The molecular formula is C16H12N4O2S. The highest BCUT2D eigenvalue weighted by atomic mass is 32.1. The summed E-state index contributed by atoms with van der Waals surface area (Å²) in [6.07, 6.45) is 0.320. The molecule has 3 rings (SSSR count). The summed E-state index contributed by atoms with van der Waals surface area (Å²) in [6.45, 7) is 2.31. The Hall–Kier alpha value is -2.90. The summed E-state index contributed by atoms with van der Waals surface area (Å²) in [5, 5.41) is 18.7. The third-order valence-corrected chi connectivity index (χ3v) is 4.60. The van der Waals surface area contributed by atoms with E-state index in [1.54, 1.807) is 24.3 Å². The first kappa shape index (κ1) is 15.0. The van der Waals surface area contributed by atoms with Gasteiger partial charge in [0.1, 0.15) is 23.2 Å². The molecule has 1 aliphatic heterocycles. The topological polar surface area (TPSA) is 90.0 Å². The summed E-state index contributed by atoms with van der Waals surface area (Å²) in [7, 11) is 0. The summed E-state index contributed by atoms with van der Waals surface area (Å²) in [5.74, 6) is 0. The molecule has 1 fully saturated rings. The van der Waals surface area contributed by atoms with Crippen LogP contribution in [0.3, 0.4) is 0 Å². The van der Waals surface area contributed by atoms with E-state index in [1.165, 1.54) is 16.2 Å². The van der Waals surface area contributed by atoms with Crippen LogP contribution in [0.1, 0.15) is 23.8 Å². The maximum atomic E-state index is 11.9. The van der Waals surface area contributed by atoms with E-state index < -0.39 is 6.09 Å². The smallest absolute Gasteiger partial charge is 0.416 e. The molecule has 114 valence electrons. The van der Waals surface area contributed by atoms with Crippen molar-refractivity contribution in [3.8, 4) is 23.4 Å². The molecule has 0 N–H and O–H groups in total. The Morgan fingerprint density at radius 1 is 1.35 bits per heavy atom. The highest BCUT2D eigenvalue weighted by molar-refractivity contribution is 7.16. The van der Waals surface area contributed by atoms with Gasteiger partial charge in [0.15, 0.2) is 5.13 Å². The lowest BCUT2D eigenvalue weighted by Gasteiger charge is -2.16. The lowest BCUT2D eigenvalue weighted by atomic mass is 10.1. The van der Waals surface area contributed by atoms with Gasteiger partial charge >= 0.3 is 6.09 Å². The molecule has 1 aromatic carbocycles. The number of hydrogen-bond donors (Lipinski definition) is 0. The van der Waals surface area contributed by atoms with E-state index in [9.17, 15) is 10.1 Å². The van der Waals surface area contributed by atoms with Crippen LogP contribution >= 0.6 is 11.3 Å². The van der Waals surface area contributed by atoms with Crippen LogP contribution in [0.4, 0.5) is 9.93 Å². The Labute approximate surface area is 137 Å². The normalized spacial score (nSPS) is 16.7. The number of thiazole rings is 1. The van der Waals surface area contributed by atoms with E-state index in [-0.39, 0.29) is 6.04 Å². The molecule has 0 radical (unpaired) electrons. The number of nitriles is 2. The maximum Gasteiger partial charge on any atom is 0.416 e. The van der Waals surface area contributed by atoms with Crippen molar-refractivity contribution in [3.63, 3.8) is 0 Å². The SMILES string of the molecule is CC[C@H]1COC(=O)N1c1nc(-c2ccc(C#N)cc2)c(C#N)s1. The number of rotatable bonds is 3. The molecule has 2 heterocycles. The molecule has 0 spiro atoms. The van der Waals surface area contributed by atoms with Crippen LogP contribution in [0, 0.1) is 22.7 Å². The number of carbonyl (C=O) groups is 1. The zero-order valence-corrected chi connectivity index (χ0v) is 13.1. The third-order valence-electron chi connectivity index (χ3n) is 3.64. The maximum absolute atomic E-state index is 11.9. The Balaban J connectivity index is 2.03. The summed E-state index contributed by atoms with van der Waals surface area (Å²) < 4.78 is 5.08. The lowest BCUT2D eigenvalue weighted by molar-refractivity contribution is 0.178. The molecule has 1 aliphatic rings. The molecule has 1 saturated heterocycles. The third kappa shape index (κ3) is 2.63. The molecule has 0 aliphatic carbocycles. The van der Waals surface area contributed by atoms with Crippen molar-refractivity contribution in [1.29, 1.82) is 10.5 Å². The minimum atomic E-state index is -0.429. The van der Waals surface area contributed by atoms with Crippen molar-refractivity contribution in [2.24, 2.45) is 0 Å². The number of hydrogen-bond acceptors (Lipinski definition) is 6. The first-order valence-electron chi connectivity index (χ1n) is 7.05. The number of ether oxygens (including phenoxy) is 1. The van der Waals surface area contributed by atoms with Gasteiger partial charge in [-0.25, -0.2) is 14.7 Å². The van der Waals surface area contributed by atoms with Crippen molar-refractivity contribution in [2.45, 2.75) is 19.4 Å². The van der Waals surface area contributed by atoms with E-state index >= 15 is 0 Å². The number of cyclic esters (lactones) is 1. The average molecular weight is 324 g/mol. The Bertz CT molecular complexity index is 829. The largest absolute Gasteiger partial charge is 0.447 e. The van der Waals surface area contributed by atoms with Crippen LogP contribution in [0.15, 0.2) is 24.3 Å². The number of anilines is 1. The Morgan fingerprint density at radius 3 is 2.70 bits per heavy atom. The van der Waals surface area contributed by atoms with Crippen LogP contribution in [-0.4, -0.2) is 23.7 Å². The fourth-order valence-corrected chi connectivity index (χ4v) is 3.33. The van der Waals surface area contributed by atoms with Crippen LogP contribution < -0.4 is 4.90 Å². The lowest BCUT2D eigenvalue weighted by Crippen LogP contribution is -2.32. The molecule has 0 bridgehead atoms. The van der Waals surface area contributed by atoms with Gasteiger partial charge in [0, 0.05) is 5.56 Å². The minimum Gasteiger partial charge on any atom is -0.447 e. The predicted octanol–water partition coefficient (Wildman–Crippen LogP) is 3.29. The molecule has 1 amide bonds. The van der Waals surface area contributed by atoms with Crippen LogP contribution in [0.25, 0.3) is 11.3 Å². The highest BCUT2D eigenvalue weighted by Crippen LogP contribution is 2.35. The van der Waals surface area contributed by atoms with Gasteiger partial charge in [-0.1, -0.05) is 30.4 Å². The van der Waals surface area contributed by atoms with Crippen molar-refractivity contribution in [1.82, 2.24) is 4.98 Å². The number of nitrogens with zero attached hydrogens (tertiary/aromatic N) is 4. The number of aromatic nitrogens is 1. The van der Waals surface area contributed by atoms with Crippen LogP contribution in [0.2, 0.25) is 0 Å². The van der Waals surface area contributed by atoms with Gasteiger partial charge < -0.3 is 4.74 Å². The summed E-state index contributed by atoms with van der Waals surface area (Å²) >= 11 is 1.17. The number of benzene rings is 1. The van der Waals surface area contributed by atoms with Gasteiger partial charge in [0.05, 0.1) is 17.7 Å². The van der Waals surface area contributed by atoms with Gasteiger partial charge in [-0.2, -0.15) is 10.5 Å². The van der Waals surface area contributed by atoms with E-state index in [0.29, 0.717) is 27.9 Å². The van der Waals surface area contributed by atoms with Gasteiger partial charge in [0.2, 0.25) is 0 Å². The van der Waals surface area contributed by atoms with E-state index in [4.69, 9.17) is 10.00 Å². The summed E-state index contributed by atoms with van der Waals surface area (Å²) in [5.41, 5.74) is 1.80. The minimum absolute atomic E-state index is 0.0611. The highest BCUT2D eigenvalue weighted by Gasteiger charge is 2.35. The molecular weight excluding hydrogens is 312 g/mol. The summed E-state index contributed by atoms with van der Waals surface area (Å²) in [6, 6.07) is 11.0. The molecule has 1 aromatic heterocycles. The first-order chi connectivity index (χ1) is 11.2. The van der Waals surface area contributed by atoms with Crippen LogP contribution in [-0.2, 0) is 4.74 Å². The van der Waals surface area contributed by atoms with E-state index in [2.05, 4.69) is 17.1 Å². The zero-order valence-electron chi connectivity index (χ0n) is 12.3. The van der Waals surface area contributed by atoms with E-state index in [0.717, 1.165) is 12.0 Å². The molecule has 2 aromatic rings. The van der Waals surface area contributed by atoms with Crippen molar-refractivity contribution in [3.05, 3.63) is 34.7 Å². The summed E-state index contributed by atoms with van der Waals surface area (Å²) in [4.78, 5) is 18.3. The Kier molecular flexibility index (Phi) is 3.96. The van der Waals surface area contributed by atoms with Gasteiger partial charge in [-0.05, 0) is 18.6 Å². The van der Waals surface area contributed by atoms with Gasteiger partial charge in [-0.15, -0.1) is 0 Å². The Morgan fingerprint density at radius 2 is 2.09 bits per heavy atom. The molecule has 0 unspecified atom stereocenters. The quantitative estimate of drug-likeness (QED) is 0.864. The van der Waals surface area contributed by atoms with Crippen molar-refractivity contribution >= 4 is 22.6 Å². The molecule has 7 heteroatoms.